The number of carbonyl (C=O) groups excluding carboxylic acids is 1. The molecule has 0 spiro atoms. The first-order valence-corrected chi connectivity index (χ1v) is 6.46. The van der Waals surface area contributed by atoms with E-state index in [0.717, 1.165) is 0 Å². The van der Waals surface area contributed by atoms with E-state index in [2.05, 4.69) is 10.6 Å². The Morgan fingerprint density at radius 3 is 2.91 bits per heavy atom. The van der Waals surface area contributed by atoms with E-state index < -0.39 is 18.4 Å². The van der Waals surface area contributed by atoms with E-state index in [4.69, 9.17) is 10.1 Å². The van der Waals surface area contributed by atoms with Gasteiger partial charge in [0.2, 0.25) is 0 Å². The zero-order valence-corrected chi connectivity index (χ0v) is 11.7. The Bertz CT molecular complexity index is 632. The molecule has 8 heteroatoms. The molecule has 4 N–H and O–H groups in total. The third kappa shape index (κ3) is 3.33. The van der Waals surface area contributed by atoms with Gasteiger partial charge in [0, 0.05) is 24.6 Å². The zero-order chi connectivity index (χ0) is 16.3. The van der Waals surface area contributed by atoms with E-state index in [-0.39, 0.29) is 34.9 Å². The molecule has 0 bridgehead atoms. The molecule has 1 aromatic carbocycles. The van der Waals surface area contributed by atoms with Gasteiger partial charge in [-0.2, -0.15) is 0 Å². The Morgan fingerprint density at radius 2 is 2.27 bits per heavy atom. The zero-order valence-electron chi connectivity index (χ0n) is 11.7. The van der Waals surface area contributed by atoms with Gasteiger partial charge in [0.25, 0.3) is 12.3 Å². The van der Waals surface area contributed by atoms with Crippen LogP contribution < -0.4 is 15.4 Å². The van der Waals surface area contributed by atoms with Crippen molar-refractivity contribution in [2.45, 2.75) is 19.0 Å². The minimum Gasteiger partial charge on any atom is -0.508 e. The minimum absolute atomic E-state index is 0.0220. The Labute approximate surface area is 125 Å². The molecule has 2 rings (SSSR count). The van der Waals surface area contributed by atoms with Crippen LogP contribution in [-0.4, -0.2) is 36.4 Å². The number of nitrogens with one attached hydrogen (secondary N) is 3. The number of fused-ring (bicyclic) bond motifs is 1. The first kappa shape index (κ1) is 15.7. The van der Waals surface area contributed by atoms with Crippen molar-refractivity contribution in [3.05, 3.63) is 35.5 Å². The van der Waals surface area contributed by atoms with Crippen molar-refractivity contribution in [2.24, 2.45) is 0 Å². The van der Waals surface area contributed by atoms with Crippen LogP contribution in [0.2, 0.25) is 0 Å². The molecule has 1 aromatic rings. The van der Waals surface area contributed by atoms with E-state index in [1.807, 2.05) is 0 Å². The molecule has 0 saturated heterocycles. The van der Waals surface area contributed by atoms with Crippen molar-refractivity contribution in [3.63, 3.8) is 0 Å². The highest BCUT2D eigenvalue weighted by Gasteiger charge is 2.33. The monoisotopic (exact) mass is 311 g/mol. The van der Waals surface area contributed by atoms with Crippen molar-refractivity contribution in [2.75, 3.05) is 7.05 Å². The maximum atomic E-state index is 12.7. The number of amidine groups is 1. The molecule has 1 aliphatic rings. The first-order chi connectivity index (χ1) is 10.4. The summed E-state index contributed by atoms with van der Waals surface area (Å²) in [5.41, 5.74) is 0.278. The summed E-state index contributed by atoms with van der Waals surface area (Å²) in [6.07, 6.45) is -1.32. The Hall–Kier alpha value is -2.64. The molecule has 6 nitrogen and oxygen atoms in total. The van der Waals surface area contributed by atoms with Crippen molar-refractivity contribution in [1.82, 2.24) is 10.6 Å². The average molecular weight is 311 g/mol. The van der Waals surface area contributed by atoms with Crippen molar-refractivity contribution < 1.29 is 23.4 Å². The second kappa shape index (κ2) is 6.42. The number of phenolic OH excluding ortho intramolecular Hbond substituents is 1. The fourth-order valence-electron chi connectivity index (χ4n) is 2.02. The molecule has 1 unspecified atom stereocenters. The molecule has 1 amide bonds. The predicted octanol–water partition coefficient (Wildman–Crippen LogP) is 1.40. The third-order valence-corrected chi connectivity index (χ3v) is 3.08. The number of aromatic hydroxyl groups is 1. The number of halogens is 2. The average Bonchev–Trinajstić information content (AvgIpc) is 2.90. The van der Waals surface area contributed by atoms with Crippen LogP contribution in [0.5, 0.6) is 11.5 Å². The van der Waals surface area contributed by atoms with E-state index in [0.29, 0.717) is 0 Å². The number of ether oxygens (including phenoxy) is 1. The lowest BCUT2D eigenvalue weighted by Crippen LogP contribution is -2.28. The van der Waals surface area contributed by atoms with Gasteiger partial charge in [-0.3, -0.25) is 10.2 Å². The minimum atomic E-state index is -2.68. The van der Waals surface area contributed by atoms with Gasteiger partial charge in [-0.15, -0.1) is 0 Å². The second-order valence-electron chi connectivity index (χ2n) is 4.66. The highest BCUT2D eigenvalue weighted by atomic mass is 19.3. The fraction of sp³-hybridized carbons (Fsp3) is 0.286. The van der Waals surface area contributed by atoms with Gasteiger partial charge in [-0.1, -0.05) is 0 Å². The van der Waals surface area contributed by atoms with Gasteiger partial charge < -0.3 is 20.5 Å². The lowest BCUT2D eigenvalue weighted by molar-refractivity contribution is 0.0245. The summed E-state index contributed by atoms with van der Waals surface area (Å²) in [6, 6.07) is 2.45. The van der Waals surface area contributed by atoms with Crippen LogP contribution in [0.3, 0.4) is 0 Å². The molecule has 118 valence electrons. The van der Waals surface area contributed by atoms with Crippen LogP contribution in [0.15, 0.2) is 24.4 Å². The van der Waals surface area contributed by atoms with E-state index >= 15 is 0 Å². The van der Waals surface area contributed by atoms with Gasteiger partial charge in [-0.25, -0.2) is 8.78 Å². The van der Waals surface area contributed by atoms with Crippen molar-refractivity contribution in [3.8, 4) is 11.5 Å². The molecule has 22 heavy (non-hydrogen) atoms. The summed E-state index contributed by atoms with van der Waals surface area (Å²) in [6.45, 7) is 0. The van der Waals surface area contributed by atoms with E-state index in [9.17, 15) is 18.7 Å². The summed E-state index contributed by atoms with van der Waals surface area (Å²) >= 11 is 0. The fourth-order valence-corrected chi connectivity index (χ4v) is 2.02. The third-order valence-electron chi connectivity index (χ3n) is 3.08. The lowest BCUT2D eigenvalue weighted by atomic mass is 10.1. The molecular weight excluding hydrogens is 296 g/mol. The summed E-state index contributed by atoms with van der Waals surface area (Å²) in [5, 5.41) is 22.3. The topological polar surface area (TPSA) is 94.4 Å². The maximum Gasteiger partial charge on any atom is 0.275 e. The molecular formula is C14H15F2N3O3. The molecule has 0 radical (unpaired) electrons. The maximum absolute atomic E-state index is 12.7. The number of carbonyl (C=O) groups is 1. The van der Waals surface area contributed by atoms with Gasteiger partial charge >= 0.3 is 0 Å². The normalized spacial score (nSPS) is 16.5. The number of amides is 1. The van der Waals surface area contributed by atoms with Gasteiger partial charge in [0.1, 0.15) is 17.3 Å². The summed E-state index contributed by atoms with van der Waals surface area (Å²) in [7, 11) is 1.64. The van der Waals surface area contributed by atoms with Crippen molar-refractivity contribution >= 4 is 11.7 Å². The van der Waals surface area contributed by atoms with Crippen LogP contribution in [0.1, 0.15) is 15.9 Å². The molecule has 0 saturated carbocycles. The summed E-state index contributed by atoms with van der Waals surface area (Å²) in [4.78, 5) is 12.0. The van der Waals surface area contributed by atoms with E-state index in [1.165, 1.54) is 24.4 Å². The number of hydrogen-bond donors (Lipinski definition) is 4. The highest BCUT2D eigenvalue weighted by molar-refractivity contribution is 6.09. The van der Waals surface area contributed by atoms with Crippen LogP contribution >= 0.6 is 0 Å². The molecule has 1 atom stereocenters. The number of phenols is 1. The van der Waals surface area contributed by atoms with Gasteiger partial charge in [-0.05, 0) is 24.4 Å². The Balaban J connectivity index is 2.16. The van der Waals surface area contributed by atoms with Crippen LogP contribution in [0.4, 0.5) is 8.78 Å². The SMILES string of the molecule is CN/C=C\C(=N)NC(=O)c1cc(O)c2c(c1)OC(C(F)F)C2. The van der Waals surface area contributed by atoms with Gasteiger partial charge in [0.15, 0.2) is 6.10 Å². The van der Waals surface area contributed by atoms with E-state index in [1.54, 1.807) is 7.05 Å². The summed E-state index contributed by atoms with van der Waals surface area (Å²) in [5.74, 6) is -1.02. The predicted molar refractivity (Wildman–Crippen MR) is 75.6 cm³/mol. The number of benzene rings is 1. The number of hydrogen-bond acceptors (Lipinski definition) is 5. The molecule has 0 aliphatic carbocycles. The quantitative estimate of drug-likeness (QED) is 0.499. The second-order valence-corrected chi connectivity index (χ2v) is 4.66. The van der Waals surface area contributed by atoms with Crippen LogP contribution in [0, 0.1) is 5.41 Å². The summed E-state index contributed by atoms with van der Waals surface area (Å²) < 4.78 is 30.4. The molecule has 0 aromatic heterocycles. The number of alkyl halides is 2. The van der Waals surface area contributed by atoms with Crippen molar-refractivity contribution in [1.29, 1.82) is 5.41 Å². The standard InChI is InChI=1S/C14H15F2N3O3/c1-18-3-2-12(17)19-14(21)7-4-9(20)8-6-11(13(15)16)22-10(8)5-7/h2-5,11,13,18,20H,6H2,1H3,(H2,17,19,21)/b3-2-. The van der Waals surface area contributed by atoms with Gasteiger partial charge in [0.05, 0.1) is 0 Å². The largest absolute Gasteiger partial charge is 0.508 e. The Kier molecular flexibility index (Phi) is 4.59. The van der Waals surface area contributed by atoms with Crippen LogP contribution in [0.25, 0.3) is 0 Å². The molecule has 0 fully saturated rings. The molecule has 1 aliphatic heterocycles. The number of rotatable bonds is 4. The Morgan fingerprint density at radius 1 is 1.55 bits per heavy atom. The van der Waals surface area contributed by atoms with Crippen LogP contribution in [-0.2, 0) is 6.42 Å². The molecule has 1 heterocycles. The smallest absolute Gasteiger partial charge is 0.275 e. The lowest BCUT2D eigenvalue weighted by Gasteiger charge is -2.09. The highest BCUT2D eigenvalue weighted by Crippen LogP contribution is 2.38. The first-order valence-electron chi connectivity index (χ1n) is 6.46.